The average Bonchev–Trinajstić information content (AvgIpc) is 3.10. The number of benzene rings is 1. The monoisotopic (exact) mass is 413 g/mol. The molecule has 1 amide bonds. The number of ether oxygens (including phenoxy) is 1. The van der Waals surface area contributed by atoms with Crippen molar-refractivity contribution in [1.82, 2.24) is 15.2 Å². The van der Waals surface area contributed by atoms with Crippen LogP contribution in [0.1, 0.15) is 28.2 Å². The van der Waals surface area contributed by atoms with Crippen LogP contribution in [0.2, 0.25) is 0 Å². The SMILES string of the molecule is COCCCNC(=O)c1cccc(S(=O)(=O)NCc2cc(C)on2)c1.O=CO. The molecule has 1 heterocycles. The summed E-state index contributed by atoms with van der Waals surface area (Å²) in [5, 5.41) is 13.3. The molecule has 0 fully saturated rings. The Labute approximate surface area is 162 Å². The molecular weight excluding hydrogens is 390 g/mol. The smallest absolute Gasteiger partial charge is 0.290 e. The highest BCUT2D eigenvalue weighted by molar-refractivity contribution is 7.89. The molecule has 2 rings (SSSR count). The number of hydrogen-bond donors (Lipinski definition) is 3. The predicted molar refractivity (Wildman–Crippen MR) is 99.2 cm³/mol. The number of hydrogen-bond acceptors (Lipinski definition) is 7. The first-order valence-electron chi connectivity index (χ1n) is 8.21. The number of carboxylic acid groups (broad SMARTS) is 1. The molecule has 1 aromatic heterocycles. The van der Waals surface area contributed by atoms with Crippen LogP contribution in [-0.4, -0.2) is 51.3 Å². The summed E-state index contributed by atoms with van der Waals surface area (Å²) in [6, 6.07) is 7.50. The fourth-order valence-corrected chi connectivity index (χ4v) is 3.12. The minimum absolute atomic E-state index is 0.00706. The summed E-state index contributed by atoms with van der Waals surface area (Å²) in [5.41, 5.74) is 0.755. The van der Waals surface area contributed by atoms with E-state index in [9.17, 15) is 13.2 Å². The highest BCUT2D eigenvalue weighted by Gasteiger charge is 2.17. The molecular formula is C17H23N3O7S. The molecule has 1 aromatic carbocycles. The van der Waals surface area contributed by atoms with Crippen molar-refractivity contribution in [3.63, 3.8) is 0 Å². The number of carbonyl (C=O) groups is 2. The van der Waals surface area contributed by atoms with Crippen LogP contribution < -0.4 is 10.0 Å². The molecule has 0 aliphatic carbocycles. The normalized spacial score (nSPS) is 10.6. The van der Waals surface area contributed by atoms with Crippen molar-refractivity contribution in [1.29, 1.82) is 0 Å². The molecule has 0 unspecified atom stereocenters. The van der Waals surface area contributed by atoms with Gasteiger partial charge in [-0.2, -0.15) is 0 Å². The van der Waals surface area contributed by atoms with E-state index in [1.54, 1.807) is 26.2 Å². The maximum absolute atomic E-state index is 12.4. The molecule has 28 heavy (non-hydrogen) atoms. The third-order valence-corrected chi connectivity index (χ3v) is 4.74. The standard InChI is InChI=1S/C16H21N3O5S.CH2O2/c1-12-9-14(19-24-12)11-18-25(21,22)15-6-3-5-13(10-15)16(20)17-7-4-8-23-2;2-1-3/h3,5-6,9-10,18H,4,7-8,11H2,1-2H3,(H,17,20);1H,(H,2,3). The van der Waals surface area contributed by atoms with Gasteiger partial charge in [0.25, 0.3) is 12.4 Å². The number of nitrogens with zero attached hydrogens (tertiary/aromatic N) is 1. The summed E-state index contributed by atoms with van der Waals surface area (Å²) >= 11 is 0. The second-order valence-electron chi connectivity index (χ2n) is 5.49. The number of nitrogens with one attached hydrogen (secondary N) is 2. The molecule has 0 aliphatic heterocycles. The first-order chi connectivity index (χ1) is 13.3. The first kappa shape index (κ1) is 23.3. The van der Waals surface area contributed by atoms with Crippen molar-refractivity contribution in [2.45, 2.75) is 24.8 Å². The van der Waals surface area contributed by atoms with E-state index in [-0.39, 0.29) is 29.4 Å². The molecule has 0 aliphatic rings. The van der Waals surface area contributed by atoms with E-state index >= 15 is 0 Å². The largest absolute Gasteiger partial charge is 0.483 e. The van der Waals surface area contributed by atoms with Gasteiger partial charge in [-0.1, -0.05) is 11.2 Å². The Morgan fingerprint density at radius 3 is 2.68 bits per heavy atom. The summed E-state index contributed by atoms with van der Waals surface area (Å²) in [6.07, 6.45) is 0.679. The van der Waals surface area contributed by atoms with Gasteiger partial charge >= 0.3 is 0 Å². The van der Waals surface area contributed by atoms with E-state index in [1.807, 2.05) is 0 Å². The van der Waals surface area contributed by atoms with Crippen molar-refractivity contribution < 1.29 is 32.4 Å². The van der Waals surface area contributed by atoms with Gasteiger partial charge < -0.3 is 19.7 Å². The van der Waals surface area contributed by atoms with Crippen molar-refractivity contribution >= 4 is 22.4 Å². The fourth-order valence-electron chi connectivity index (χ4n) is 2.08. The Bertz CT molecular complexity index is 865. The second kappa shape index (κ2) is 11.8. The van der Waals surface area contributed by atoms with Crippen molar-refractivity contribution in [2.24, 2.45) is 0 Å². The van der Waals surface area contributed by atoms with E-state index in [2.05, 4.69) is 15.2 Å². The number of amides is 1. The Balaban J connectivity index is 0.00000122. The third kappa shape index (κ3) is 7.86. The highest BCUT2D eigenvalue weighted by atomic mass is 32.2. The van der Waals surface area contributed by atoms with Crippen molar-refractivity contribution in [2.75, 3.05) is 20.3 Å². The molecule has 0 radical (unpaired) electrons. The molecule has 11 heteroatoms. The van der Waals surface area contributed by atoms with Gasteiger partial charge in [0.05, 0.1) is 17.1 Å². The predicted octanol–water partition coefficient (Wildman–Crippen LogP) is 0.929. The topological polar surface area (TPSA) is 148 Å². The molecule has 2 aromatic rings. The second-order valence-corrected chi connectivity index (χ2v) is 7.26. The van der Waals surface area contributed by atoms with E-state index in [1.165, 1.54) is 18.2 Å². The first-order valence-corrected chi connectivity index (χ1v) is 9.69. The number of carbonyl (C=O) groups excluding carboxylic acids is 1. The molecule has 3 N–H and O–H groups in total. The third-order valence-electron chi connectivity index (χ3n) is 3.34. The quantitative estimate of drug-likeness (QED) is 0.406. The van der Waals surface area contributed by atoms with Gasteiger partial charge in [0.2, 0.25) is 10.0 Å². The van der Waals surface area contributed by atoms with E-state index in [0.717, 1.165) is 0 Å². The van der Waals surface area contributed by atoms with Crippen LogP contribution >= 0.6 is 0 Å². The Kier molecular flexibility index (Phi) is 9.85. The van der Waals surface area contributed by atoms with E-state index < -0.39 is 10.0 Å². The van der Waals surface area contributed by atoms with Crippen molar-refractivity contribution in [3.05, 3.63) is 47.3 Å². The Morgan fingerprint density at radius 2 is 2.07 bits per heavy atom. The number of aromatic nitrogens is 1. The molecule has 10 nitrogen and oxygen atoms in total. The fraction of sp³-hybridized carbons (Fsp3) is 0.353. The minimum atomic E-state index is -3.77. The highest BCUT2D eigenvalue weighted by Crippen LogP contribution is 2.12. The van der Waals surface area contributed by atoms with Crippen LogP contribution in [0.5, 0.6) is 0 Å². The number of sulfonamides is 1. The van der Waals surface area contributed by atoms with Crippen LogP contribution in [0.4, 0.5) is 0 Å². The van der Waals surface area contributed by atoms with E-state index in [0.29, 0.717) is 31.0 Å². The lowest BCUT2D eigenvalue weighted by Crippen LogP contribution is -2.26. The Hall–Kier alpha value is -2.76. The van der Waals surface area contributed by atoms with Crippen LogP contribution in [0, 0.1) is 6.92 Å². The molecule has 0 bridgehead atoms. The maximum Gasteiger partial charge on any atom is 0.290 e. The van der Waals surface area contributed by atoms with Gasteiger partial charge in [0.15, 0.2) is 0 Å². The van der Waals surface area contributed by atoms with Crippen LogP contribution in [0.25, 0.3) is 0 Å². The molecule has 0 saturated heterocycles. The lowest BCUT2D eigenvalue weighted by molar-refractivity contribution is -0.122. The number of rotatable bonds is 9. The van der Waals surface area contributed by atoms with Crippen LogP contribution in [-0.2, 0) is 26.1 Å². The summed E-state index contributed by atoms with van der Waals surface area (Å²) in [4.78, 5) is 20.5. The van der Waals surface area contributed by atoms with Crippen LogP contribution in [0.3, 0.4) is 0 Å². The van der Waals surface area contributed by atoms with Gasteiger partial charge in [0.1, 0.15) is 5.76 Å². The van der Waals surface area contributed by atoms with Crippen LogP contribution in [0.15, 0.2) is 39.8 Å². The number of methoxy groups -OCH3 is 1. The summed E-state index contributed by atoms with van der Waals surface area (Å²) in [7, 11) is -2.18. The van der Waals surface area contributed by atoms with Gasteiger partial charge in [-0.25, -0.2) is 13.1 Å². The zero-order valence-corrected chi connectivity index (χ0v) is 16.4. The zero-order valence-electron chi connectivity index (χ0n) is 15.5. The molecule has 0 atom stereocenters. The molecule has 154 valence electrons. The molecule has 0 spiro atoms. The van der Waals surface area contributed by atoms with Crippen molar-refractivity contribution in [3.8, 4) is 0 Å². The van der Waals surface area contributed by atoms with Gasteiger partial charge in [-0.3, -0.25) is 9.59 Å². The Morgan fingerprint density at radius 1 is 1.36 bits per heavy atom. The van der Waals surface area contributed by atoms with Gasteiger partial charge in [-0.15, -0.1) is 0 Å². The summed E-state index contributed by atoms with van der Waals surface area (Å²) in [6.45, 7) is 2.47. The van der Waals surface area contributed by atoms with Gasteiger partial charge in [0, 0.05) is 31.9 Å². The zero-order chi connectivity index (χ0) is 21.0. The van der Waals surface area contributed by atoms with Gasteiger partial charge in [-0.05, 0) is 31.5 Å². The lowest BCUT2D eigenvalue weighted by Gasteiger charge is -2.08. The minimum Gasteiger partial charge on any atom is -0.483 e. The number of aryl methyl sites for hydroxylation is 1. The van der Waals surface area contributed by atoms with E-state index in [4.69, 9.17) is 19.2 Å². The summed E-state index contributed by atoms with van der Waals surface area (Å²) < 4.78 is 37.0. The average molecular weight is 413 g/mol. The summed E-state index contributed by atoms with van der Waals surface area (Å²) in [5.74, 6) is 0.265. The maximum atomic E-state index is 12.4. The molecule has 0 saturated carbocycles. The lowest BCUT2D eigenvalue weighted by atomic mass is 10.2.